The molecule has 1 aliphatic rings. The standard InChI is InChI=1S/C15H21BrN2O2.ClH/c1-11-9-12(5-6-17-11)15(19)18-7-8-20-14-4-2-3-13(16)10-14;/h2-4,10-12,17H,5-9H2,1H3,(H,18,19);1H/t11-,12-;/m0./s1. The first-order chi connectivity index (χ1) is 9.65. The first-order valence-electron chi connectivity index (χ1n) is 7.04. The molecule has 1 fully saturated rings. The first-order valence-corrected chi connectivity index (χ1v) is 7.84. The summed E-state index contributed by atoms with van der Waals surface area (Å²) in [5.74, 6) is 1.09. The Labute approximate surface area is 140 Å². The van der Waals surface area contributed by atoms with Crippen LogP contribution < -0.4 is 15.4 Å². The van der Waals surface area contributed by atoms with E-state index in [-0.39, 0.29) is 24.2 Å². The molecule has 0 spiro atoms. The van der Waals surface area contributed by atoms with E-state index in [9.17, 15) is 4.79 Å². The van der Waals surface area contributed by atoms with Crippen molar-refractivity contribution in [1.82, 2.24) is 10.6 Å². The number of benzene rings is 1. The zero-order valence-corrected chi connectivity index (χ0v) is 14.5. The van der Waals surface area contributed by atoms with Gasteiger partial charge in [0.1, 0.15) is 12.4 Å². The zero-order chi connectivity index (χ0) is 14.4. The summed E-state index contributed by atoms with van der Waals surface area (Å²) < 4.78 is 6.58. The van der Waals surface area contributed by atoms with E-state index in [1.807, 2.05) is 24.3 Å². The topological polar surface area (TPSA) is 50.4 Å². The lowest BCUT2D eigenvalue weighted by molar-refractivity contribution is -0.126. The average molecular weight is 378 g/mol. The molecule has 21 heavy (non-hydrogen) atoms. The molecule has 2 N–H and O–H groups in total. The van der Waals surface area contributed by atoms with E-state index in [1.54, 1.807) is 0 Å². The van der Waals surface area contributed by atoms with Crippen LogP contribution >= 0.6 is 28.3 Å². The summed E-state index contributed by atoms with van der Waals surface area (Å²) in [6.45, 7) is 4.08. The number of nitrogens with one attached hydrogen (secondary N) is 2. The molecule has 1 amide bonds. The largest absolute Gasteiger partial charge is 0.492 e. The molecule has 6 heteroatoms. The molecule has 0 aromatic heterocycles. The summed E-state index contributed by atoms with van der Waals surface area (Å²) in [5, 5.41) is 6.31. The van der Waals surface area contributed by atoms with Crippen LogP contribution in [0.25, 0.3) is 0 Å². The van der Waals surface area contributed by atoms with Crippen LogP contribution in [0.5, 0.6) is 5.75 Å². The van der Waals surface area contributed by atoms with Crippen molar-refractivity contribution in [3.05, 3.63) is 28.7 Å². The SMILES string of the molecule is C[C@H]1C[C@@H](C(=O)NCCOc2cccc(Br)c2)CCN1.Cl. The summed E-state index contributed by atoms with van der Waals surface area (Å²) in [6, 6.07) is 8.12. The molecule has 2 rings (SSSR count). The second-order valence-electron chi connectivity index (χ2n) is 5.17. The number of ether oxygens (including phenoxy) is 1. The van der Waals surface area contributed by atoms with Gasteiger partial charge in [-0.15, -0.1) is 12.4 Å². The van der Waals surface area contributed by atoms with Crippen molar-refractivity contribution in [2.24, 2.45) is 5.92 Å². The van der Waals surface area contributed by atoms with Crippen LogP contribution in [0, 0.1) is 5.92 Å². The quantitative estimate of drug-likeness (QED) is 0.776. The van der Waals surface area contributed by atoms with Gasteiger partial charge in [0.05, 0.1) is 6.54 Å². The molecule has 1 aliphatic heterocycles. The Kier molecular flexibility index (Phi) is 8.07. The highest BCUT2D eigenvalue weighted by Gasteiger charge is 2.24. The Hall–Kier alpha value is -0.780. The van der Waals surface area contributed by atoms with E-state index < -0.39 is 0 Å². The van der Waals surface area contributed by atoms with Gasteiger partial charge in [0, 0.05) is 16.4 Å². The second-order valence-corrected chi connectivity index (χ2v) is 6.09. The number of hydrogen-bond acceptors (Lipinski definition) is 3. The highest BCUT2D eigenvalue weighted by molar-refractivity contribution is 9.10. The van der Waals surface area contributed by atoms with Crippen LogP contribution in [-0.2, 0) is 4.79 Å². The van der Waals surface area contributed by atoms with Crippen LogP contribution in [0.4, 0.5) is 0 Å². The molecular formula is C15H22BrClN2O2. The van der Waals surface area contributed by atoms with E-state index >= 15 is 0 Å². The van der Waals surface area contributed by atoms with Gasteiger partial charge in [-0.25, -0.2) is 0 Å². The lowest BCUT2D eigenvalue weighted by Gasteiger charge is -2.27. The maximum atomic E-state index is 12.0. The fraction of sp³-hybridized carbons (Fsp3) is 0.533. The molecule has 0 unspecified atom stereocenters. The van der Waals surface area contributed by atoms with Gasteiger partial charge in [-0.2, -0.15) is 0 Å². The number of amides is 1. The van der Waals surface area contributed by atoms with Crippen molar-refractivity contribution >= 4 is 34.2 Å². The molecule has 1 aromatic rings. The summed E-state index contributed by atoms with van der Waals surface area (Å²) in [6.07, 6.45) is 1.83. The van der Waals surface area contributed by atoms with Gasteiger partial charge in [0.15, 0.2) is 0 Å². The highest BCUT2D eigenvalue weighted by atomic mass is 79.9. The summed E-state index contributed by atoms with van der Waals surface area (Å²) >= 11 is 3.40. The molecule has 118 valence electrons. The van der Waals surface area contributed by atoms with Crippen molar-refractivity contribution < 1.29 is 9.53 Å². The minimum atomic E-state index is 0. The minimum absolute atomic E-state index is 0. The Bertz CT molecular complexity index is 459. The monoisotopic (exact) mass is 376 g/mol. The average Bonchev–Trinajstić information content (AvgIpc) is 2.43. The molecular weight excluding hydrogens is 356 g/mol. The summed E-state index contributed by atoms with van der Waals surface area (Å²) in [4.78, 5) is 12.0. The van der Waals surface area contributed by atoms with Crippen LogP contribution in [0.3, 0.4) is 0 Å². The fourth-order valence-electron chi connectivity index (χ4n) is 2.41. The number of hydrogen-bond donors (Lipinski definition) is 2. The second kappa shape index (κ2) is 9.28. The van der Waals surface area contributed by atoms with Crippen molar-refractivity contribution in [2.45, 2.75) is 25.8 Å². The lowest BCUT2D eigenvalue weighted by Crippen LogP contribution is -2.43. The van der Waals surface area contributed by atoms with Gasteiger partial charge < -0.3 is 15.4 Å². The molecule has 0 bridgehead atoms. The highest BCUT2D eigenvalue weighted by Crippen LogP contribution is 2.18. The molecule has 4 nitrogen and oxygen atoms in total. The third-order valence-electron chi connectivity index (χ3n) is 3.46. The number of halogens is 2. The Balaban J connectivity index is 0.00000220. The Morgan fingerprint density at radius 2 is 2.33 bits per heavy atom. The van der Waals surface area contributed by atoms with Crippen molar-refractivity contribution in [3.63, 3.8) is 0 Å². The molecule has 0 aliphatic carbocycles. The number of piperidine rings is 1. The van der Waals surface area contributed by atoms with Crippen molar-refractivity contribution in [1.29, 1.82) is 0 Å². The van der Waals surface area contributed by atoms with Crippen LogP contribution in [0.15, 0.2) is 28.7 Å². The van der Waals surface area contributed by atoms with Crippen LogP contribution in [0.1, 0.15) is 19.8 Å². The summed E-state index contributed by atoms with van der Waals surface area (Å²) in [7, 11) is 0. The molecule has 2 atom stereocenters. The van der Waals surface area contributed by atoms with Gasteiger partial charge in [-0.05, 0) is 44.5 Å². The molecule has 1 heterocycles. The van der Waals surface area contributed by atoms with Crippen molar-refractivity contribution in [2.75, 3.05) is 19.7 Å². The van der Waals surface area contributed by atoms with E-state index in [2.05, 4.69) is 33.5 Å². The van der Waals surface area contributed by atoms with E-state index in [4.69, 9.17) is 4.74 Å². The van der Waals surface area contributed by atoms with E-state index in [1.165, 1.54) is 0 Å². The molecule has 1 saturated heterocycles. The van der Waals surface area contributed by atoms with Gasteiger partial charge >= 0.3 is 0 Å². The van der Waals surface area contributed by atoms with Crippen LogP contribution in [0.2, 0.25) is 0 Å². The third-order valence-corrected chi connectivity index (χ3v) is 3.95. The predicted octanol–water partition coefficient (Wildman–Crippen LogP) is 2.75. The Morgan fingerprint density at radius 1 is 1.52 bits per heavy atom. The van der Waals surface area contributed by atoms with Crippen molar-refractivity contribution in [3.8, 4) is 5.75 Å². The van der Waals surface area contributed by atoms with Gasteiger partial charge in [0.2, 0.25) is 5.91 Å². The Morgan fingerprint density at radius 3 is 3.05 bits per heavy atom. The number of rotatable bonds is 5. The van der Waals surface area contributed by atoms with E-state index in [0.717, 1.165) is 29.6 Å². The molecule has 0 radical (unpaired) electrons. The smallest absolute Gasteiger partial charge is 0.223 e. The maximum Gasteiger partial charge on any atom is 0.223 e. The lowest BCUT2D eigenvalue weighted by atomic mass is 9.92. The first kappa shape index (κ1) is 18.3. The molecule has 0 saturated carbocycles. The van der Waals surface area contributed by atoms with Gasteiger partial charge in [-0.1, -0.05) is 22.0 Å². The minimum Gasteiger partial charge on any atom is -0.492 e. The van der Waals surface area contributed by atoms with Crippen LogP contribution in [-0.4, -0.2) is 31.6 Å². The normalized spacial score (nSPS) is 21.2. The molecule has 1 aromatic carbocycles. The van der Waals surface area contributed by atoms with Gasteiger partial charge in [-0.3, -0.25) is 4.79 Å². The number of carbonyl (C=O) groups excluding carboxylic acids is 1. The number of carbonyl (C=O) groups is 1. The zero-order valence-electron chi connectivity index (χ0n) is 12.1. The van der Waals surface area contributed by atoms with Gasteiger partial charge in [0.25, 0.3) is 0 Å². The fourth-order valence-corrected chi connectivity index (χ4v) is 2.79. The maximum absolute atomic E-state index is 12.0. The summed E-state index contributed by atoms with van der Waals surface area (Å²) in [5.41, 5.74) is 0. The predicted molar refractivity (Wildman–Crippen MR) is 90.1 cm³/mol. The van der Waals surface area contributed by atoms with E-state index in [0.29, 0.717) is 19.2 Å². The third kappa shape index (κ3) is 6.24.